The average Bonchev–Trinajstić information content (AvgIpc) is 3.21. The van der Waals surface area contributed by atoms with Crippen molar-refractivity contribution in [3.05, 3.63) is 21.9 Å². The van der Waals surface area contributed by atoms with Crippen LogP contribution in [0.25, 0.3) is 0 Å². The zero-order valence-corrected chi connectivity index (χ0v) is 13.3. The van der Waals surface area contributed by atoms with E-state index in [1.54, 1.807) is 0 Å². The molecule has 4 rings (SSSR count). The summed E-state index contributed by atoms with van der Waals surface area (Å²) < 4.78 is 0. The molecule has 1 spiro atoms. The molecule has 3 aliphatic heterocycles. The molecule has 5 heteroatoms. The summed E-state index contributed by atoms with van der Waals surface area (Å²) in [6.07, 6.45) is 3.56. The van der Waals surface area contributed by atoms with Crippen LogP contribution in [-0.4, -0.2) is 55.0 Å². The Hall–Kier alpha value is -0.910. The third-order valence-corrected chi connectivity index (χ3v) is 6.39. The molecule has 4 nitrogen and oxygen atoms in total. The highest BCUT2D eigenvalue weighted by Gasteiger charge is 2.40. The Bertz CT molecular complexity index is 535. The van der Waals surface area contributed by atoms with E-state index >= 15 is 0 Å². The maximum absolute atomic E-state index is 12.6. The van der Waals surface area contributed by atoms with Crippen LogP contribution < -0.4 is 5.32 Å². The van der Waals surface area contributed by atoms with E-state index in [0.717, 1.165) is 45.7 Å². The van der Waals surface area contributed by atoms with Crippen LogP contribution in [0.3, 0.4) is 0 Å². The lowest BCUT2D eigenvalue weighted by atomic mass is 9.87. The average molecular weight is 305 g/mol. The topological polar surface area (TPSA) is 35.6 Å². The Kier molecular flexibility index (Phi) is 3.52. The Morgan fingerprint density at radius 3 is 3.19 bits per heavy atom. The maximum atomic E-state index is 12.6. The first kappa shape index (κ1) is 13.7. The molecule has 21 heavy (non-hydrogen) atoms. The van der Waals surface area contributed by atoms with Gasteiger partial charge in [0.15, 0.2) is 0 Å². The number of carbonyl (C=O) groups excluding carboxylic acids is 1. The fourth-order valence-corrected chi connectivity index (χ4v) is 4.95. The van der Waals surface area contributed by atoms with Crippen LogP contribution in [0.4, 0.5) is 0 Å². The highest BCUT2D eigenvalue weighted by molar-refractivity contribution is 7.10. The number of rotatable bonds is 2. The fraction of sp³-hybridized carbons (Fsp3) is 0.688. The quantitative estimate of drug-likeness (QED) is 0.895. The molecule has 4 heterocycles. The van der Waals surface area contributed by atoms with Gasteiger partial charge in [-0.3, -0.25) is 9.69 Å². The molecule has 0 aliphatic carbocycles. The predicted molar refractivity (Wildman–Crippen MR) is 84.4 cm³/mol. The molecule has 114 valence electrons. The van der Waals surface area contributed by atoms with E-state index in [0.29, 0.717) is 17.9 Å². The number of likely N-dealkylation sites (tertiary alicyclic amines) is 1. The van der Waals surface area contributed by atoms with Crippen LogP contribution in [0.5, 0.6) is 0 Å². The Morgan fingerprint density at radius 1 is 1.38 bits per heavy atom. The molecule has 0 aromatic carbocycles. The number of carbonyl (C=O) groups is 1. The third-order valence-electron chi connectivity index (χ3n) is 5.37. The molecule has 0 radical (unpaired) electrons. The summed E-state index contributed by atoms with van der Waals surface area (Å²) in [4.78, 5) is 18.5. The number of fused-ring (bicyclic) bond motifs is 1. The van der Waals surface area contributed by atoms with Gasteiger partial charge in [0.05, 0.1) is 6.54 Å². The number of thiophene rings is 1. The van der Waals surface area contributed by atoms with Gasteiger partial charge in [-0.2, -0.15) is 0 Å². The van der Waals surface area contributed by atoms with E-state index in [1.807, 2.05) is 16.2 Å². The van der Waals surface area contributed by atoms with Crippen molar-refractivity contribution >= 4 is 17.2 Å². The first-order valence-corrected chi connectivity index (χ1v) is 8.88. The first-order valence-electron chi connectivity index (χ1n) is 8.00. The Balaban J connectivity index is 1.34. The minimum Gasteiger partial charge on any atom is -0.337 e. The van der Waals surface area contributed by atoms with Crippen molar-refractivity contribution in [2.45, 2.75) is 25.8 Å². The molecule has 0 saturated carbocycles. The highest BCUT2D eigenvalue weighted by Crippen LogP contribution is 2.36. The number of hydrogen-bond acceptors (Lipinski definition) is 4. The second kappa shape index (κ2) is 5.38. The van der Waals surface area contributed by atoms with Gasteiger partial charge >= 0.3 is 0 Å². The van der Waals surface area contributed by atoms with Gasteiger partial charge in [-0.15, -0.1) is 11.3 Å². The van der Waals surface area contributed by atoms with Crippen LogP contribution in [0.1, 0.15) is 23.3 Å². The third kappa shape index (κ3) is 2.62. The van der Waals surface area contributed by atoms with Crippen LogP contribution in [0.2, 0.25) is 0 Å². The SMILES string of the molecule is O=C(CN1CCC2(CCNC2)C1)N1CCc2sccc2C1. The number of amides is 1. The summed E-state index contributed by atoms with van der Waals surface area (Å²) >= 11 is 1.83. The van der Waals surface area contributed by atoms with Gasteiger partial charge in [0, 0.05) is 31.1 Å². The van der Waals surface area contributed by atoms with E-state index in [4.69, 9.17) is 0 Å². The summed E-state index contributed by atoms with van der Waals surface area (Å²) in [6.45, 7) is 6.80. The molecule has 1 amide bonds. The molecular weight excluding hydrogens is 282 g/mol. The minimum atomic E-state index is 0.315. The van der Waals surface area contributed by atoms with Crippen molar-refractivity contribution in [1.82, 2.24) is 15.1 Å². The van der Waals surface area contributed by atoms with Gasteiger partial charge in [0.2, 0.25) is 5.91 Å². The van der Waals surface area contributed by atoms with Crippen LogP contribution in [0, 0.1) is 5.41 Å². The molecular formula is C16H23N3OS. The van der Waals surface area contributed by atoms with Gasteiger partial charge in [-0.25, -0.2) is 0 Å². The second-order valence-electron chi connectivity index (χ2n) is 6.82. The zero-order chi connectivity index (χ0) is 14.3. The van der Waals surface area contributed by atoms with Crippen molar-refractivity contribution in [2.75, 3.05) is 39.3 Å². The van der Waals surface area contributed by atoms with E-state index in [-0.39, 0.29) is 0 Å². The first-order chi connectivity index (χ1) is 10.2. The molecule has 1 aromatic rings. The van der Waals surface area contributed by atoms with Crippen LogP contribution >= 0.6 is 11.3 Å². The normalized spacial score (nSPS) is 29.2. The summed E-state index contributed by atoms with van der Waals surface area (Å²) in [5, 5.41) is 5.63. The Morgan fingerprint density at radius 2 is 2.33 bits per heavy atom. The summed E-state index contributed by atoms with van der Waals surface area (Å²) in [6, 6.07) is 2.18. The molecule has 1 atom stereocenters. The number of nitrogens with zero attached hydrogens (tertiary/aromatic N) is 2. The van der Waals surface area contributed by atoms with Gasteiger partial charge in [0.25, 0.3) is 0 Å². The van der Waals surface area contributed by atoms with E-state index in [2.05, 4.69) is 21.7 Å². The zero-order valence-electron chi connectivity index (χ0n) is 12.4. The Labute approximate surface area is 130 Å². The lowest BCUT2D eigenvalue weighted by molar-refractivity contribution is -0.133. The summed E-state index contributed by atoms with van der Waals surface area (Å²) in [7, 11) is 0. The minimum absolute atomic E-state index is 0.315. The lowest BCUT2D eigenvalue weighted by Crippen LogP contribution is -2.42. The number of hydrogen-bond donors (Lipinski definition) is 1. The maximum Gasteiger partial charge on any atom is 0.237 e. The van der Waals surface area contributed by atoms with Crippen molar-refractivity contribution in [1.29, 1.82) is 0 Å². The standard InChI is InChI=1S/C16H23N3OS/c20-15(19-6-1-14-13(9-19)2-8-21-14)10-18-7-4-16(12-18)3-5-17-11-16/h2,8,17H,1,3-7,9-12H2. The van der Waals surface area contributed by atoms with Crippen molar-refractivity contribution in [2.24, 2.45) is 5.41 Å². The van der Waals surface area contributed by atoms with Gasteiger partial charge in [-0.1, -0.05) is 0 Å². The molecule has 3 aliphatic rings. The summed E-state index contributed by atoms with van der Waals surface area (Å²) in [5.41, 5.74) is 1.82. The van der Waals surface area contributed by atoms with Crippen molar-refractivity contribution in [3.63, 3.8) is 0 Å². The monoisotopic (exact) mass is 305 g/mol. The highest BCUT2D eigenvalue weighted by atomic mass is 32.1. The molecule has 1 N–H and O–H groups in total. The predicted octanol–water partition coefficient (Wildman–Crippen LogP) is 1.32. The molecule has 0 bridgehead atoms. The van der Waals surface area contributed by atoms with Crippen molar-refractivity contribution < 1.29 is 4.79 Å². The molecule has 2 saturated heterocycles. The lowest BCUT2D eigenvalue weighted by Gasteiger charge is -2.29. The van der Waals surface area contributed by atoms with Crippen molar-refractivity contribution in [3.8, 4) is 0 Å². The van der Waals surface area contributed by atoms with Gasteiger partial charge in [-0.05, 0) is 54.8 Å². The molecule has 1 aromatic heterocycles. The largest absolute Gasteiger partial charge is 0.337 e. The van der Waals surface area contributed by atoms with Gasteiger partial charge < -0.3 is 10.2 Å². The smallest absolute Gasteiger partial charge is 0.237 e. The number of nitrogens with one attached hydrogen (secondary N) is 1. The fourth-order valence-electron chi connectivity index (χ4n) is 4.06. The van der Waals surface area contributed by atoms with Crippen LogP contribution in [-0.2, 0) is 17.8 Å². The molecule has 2 fully saturated rings. The second-order valence-corrected chi connectivity index (χ2v) is 7.82. The van der Waals surface area contributed by atoms with E-state index in [9.17, 15) is 4.79 Å². The van der Waals surface area contributed by atoms with Crippen LogP contribution in [0.15, 0.2) is 11.4 Å². The van der Waals surface area contributed by atoms with Gasteiger partial charge in [0.1, 0.15) is 0 Å². The van der Waals surface area contributed by atoms with E-state index in [1.165, 1.54) is 23.3 Å². The molecule has 1 unspecified atom stereocenters. The van der Waals surface area contributed by atoms with E-state index < -0.39 is 0 Å². The summed E-state index contributed by atoms with van der Waals surface area (Å²) in [5.74, 6) is 0.315.